The number of fused-ring (bicyclic) bond motifs is 1. The number of piperazine rings is 1. The van der Waals surface area contributed by atoms with Gasteiger partial charge in [0.1, 0.15) is 5.82 Å². The second-order valence-electron chi connectivity index (χ2n) is 5.55. The maximum absolute atomic E-state index is 5.75. The van der Waals surface area contributed by atoms with E-state index >= 15 is 0 Å². The highest BCUT2D eigenvalue weighted by Crippen LogP contribution is 2.30. The molecular weight excluding hydrogens is 286 g/mol. The lowest BCUT2D eigenvalue weighted by atomic mass is 10.1. The number of hydrogen-bond acceptors (Lipinski definition) is 7. The fourth-order valence-corrected chi connectivity index (χ4v) is 2.79. The summed E-state index contributed by atoms with van der Waals surface area (Å²) in [6, 6.07) is 0. The lowest BCUT2D eigenvalue weighted by molar-refractivity contribution is 0.274. The summed E-state index contributed by atoms with van der Waals surface area (Å²) < 4.78 is 5.75. The molecule has 1 N–H and O–H groups in total. The van der Waals surface area contributed by atoms with Crippen LogP contribution in [-0.2, 0) is 6.42 Å². The van der Waals surface area contributed by atoms with Gasteiger partial charge in [0.25, 0.3) is 0 Å². The average Bonchev–Trinajstić information content (AvgIpc) is 2.53. The van der Waals surface area contributed by atoms with Crippen LogP contribution in [0, 0.1) is 0 Å². The molecule has 21 heavy (non-hydrogen) atoms. The number of thiol groups is 1. The molecule has 0 aromatic carbocycles. The Morgan fingerprint density at radius 2 is 2.05 bits per heavy atom. The molecule has 3 heterocycles. The van der Waals surface area contributed by atoms with Crippen LogP contribution in [0.4, 0.5) is 11.8 Å². The molecule has 0 amide bonds. The van der Waals surface area contributed by atoms with Gasteiger partial charge in [-0.3, -0.25) is 0 Å². The molecule has 6 nitrogen and oxygen atoms in total. The van der Waals surface area contributed by atoms with Crippen molar-refractivity contribution in [2.45, 2.75) is 12.8 Å². The lowest BCUT2D eigenvalue weighted by Crippen LogP contribution is -2.45. The van der Waals surface area contributed by atoms with Crippen molar-refractivity contribution >= 4 is 24.4 Å². The van der Waals surface area contributed by atoms with E-state index in [0.717, 1.165) is 81.1 Å². The van der Waals surface area contributed by atoms with E-state index in [1.165, 1.54) is 0 Å². The van der Waals surface area contributed by atoms with E-state index < -0.39 is 0 Å². The van der Waals surface area contributed by atoms with Crippen LogP contribution in [-0.4, -0.2) is 67.0 Å². The average molecular weight is 309 g/mol. The predicted molar refractivity (Wildman–Crippen MR) is 87.9 cm³/mol. The van der Waals surface area contributed by atoms with E-state index in [2.05, 4.69) is 39.8 Å². The van der Waals surface area contributed by atoms with Gasteiger partial charge in [0.05, 0.1) is 12.2 Å². The smallest absolute Gasteiger partial charge is 0.230 e. The Kier molecular flexibility index (Phi) is 4.70. The summed E-state index contributed by atoms with van der Waals surface area (Å²) in [6.45, 7) is 5.55. The summed E-state index contributed by atoms with van der Waals surface area (Å²) in [5.74, 6) is 3.24. The van der Waals surface area contributed by atoms with Crippen molar-refractivity contribution in [1.29, 1.82) is 0 Å². The first-order valence-electron chi connectivity index (χ1n) is 7.60. The normalized spacial score (nSPS) is 19.0. The molecule has 1 fully saturated rings. The molecule has 2 aliphatic rings. The molecule has 0 radical (unpaired) electrons. The molecule has 1 aromatic rings. The number of ether oxygens (including phenoxy) is 1. The van der Waals surface area contributed by atoms with Gasteiger partial charge in [-0.25, -0.2) is 0 Å². The van der Waals surface area contributed by atoms with Crippen LogP contribution < -0.4 is 15.0 Å². The lowest BCUT2D eigenvalue weighted by Gasteiger charge is -2.33. The van der Waals surface area contributed by atoms with Crippen molar-refractivity contribution in [1.82, 2.24) is 14.9 Å². The van der Waals surface area contributed by atoms with Crippen LogP contribution in [0.5, 0.6) is 5.88 Å². The number of anilines is 2. The SMILES string of the molecule is CN1CCN(c2nc(NCCS)c3c(n2)OCCC3)CC1. The van der Waals surface area contributed by atoms with Crippen LogP contribution >= 0.6 is 12.6 Å². The van der Waals surface area contributed by atoms with Gasteiger partial charge < -0.3 is 19.9 Å². The third-order valence-electron chi connectivity index (χ3n) is 3.96. The standard InChI is InChI=1S/C14H23N5OS/c1-18-5-7-19(8-6-18)14-16-12(15-4-10-21)11-3-2-9-20-13(11)17-14/h21H,2-10H2,1H3,(H,15,16,17). The van der Waals surface area contributed by atoms with Crippen molar-refractivity contribution in [3.63, 3.8) is 0 Å². The van der Waals surface area contributed by atoms with Crippen LogP contribution in [0.3, 0.4) is 0 Å². The van der Waals surface area contributed by atoms with Gasteiger partial charge in [-0.05, 0) is 19.9 Å². The Bertz CT molecular complexity index is 490. The van der Waals surface area contributed by atoms with E-state index in [1.807, 2.05) is 0 Å². The summed E-state index contributed by atoms with van der Waals surface area (Å²) in [4.78, 5) is 14.0. The van der Waals surface area contributed by atoms with Crippen LogP contribution in [0.15, 0.2) is 0 Å². The largest absolute Gasteiger partial charge is 0.477 e. The summed E-state index contributed by atoms with van der Waals surface area (Å²) in [7, 11) is 2.15. The minimum absolute atomic E-state index is 0.748. The Hall–Kier alpha value is -1.21. The Morgan fingerprint density at radius 3 is 2.81 bits per heavy atom. The Balaban J connectivity index is 1.86. The quantitative estimate of drug-likeness (QED) is 0.806. The molecular formula is C14H23N5OS. The highest BCUT2D eigenvalue weighted by molar-refractivity contribution is 7.80. The number of nitrogens with one attached hydrogen (secondary N) is 1. The number of hydrogen-bond donors (Lipinski definition) is 2. The molecule has 0 bridgehead atoms. The molecule has 1 aromatic heterocycles. The van der Waals surface area contributed by atoms with E-state index in [9.17, 15) is 0 Å². The second-order valence-corrected chi connectivity index (χ2v) is 6.00. The summed E-state index contributed by atoms with van der Waals surface area (Å²) in [5.41, 5.74) is 1.11. The molecule has 116 valence electrons. The predicted octanol–water partition coefficient (Wildman–Crippen LogP) is 0.895. The number of nitrogens with zero attached hydrogens (tertiary/aromatic N) is 4. The maximum atomic E-state index is 5.75. The molecule has 3 rings (SSSR count). The number of rotatable bonds is 4. The van der Waals surface area contributed by atoms with Gasteiger partial charge in [-0.15, -0.1) is 0 Å². The zero-order valence-electron chi connectivity index (χ0n) is 12.5. The highest BCUT2D eigenvalue weighted by Gasteiger charge is 2.23. The third kappa shape index (κ3) is 3.35. The first-order valence-corrected chi connectivity index (χ1v) is 8.23. The van der Waals surface area contributed by atoms with Gasteiger partial charge in [-0.1, -0.05) is 0 Å². The Morgan fingerprint density at radius 1 is 1.24 bits per heavy atom. The van der Waals surface area contributed by atoms with Gasteiger partial charge in [-0.2, -0.15) is 22.6 Å². The second kappa shape index (κ2) is 6.70. The molecule has 0 spiro atoms. The van der Waals surface area contributed by atoms with Gasteiger partial charge in [0.2, 0.25) is 11.8 Å². The van der Waals surface area contributed by atoms with Gasteiger partial charge >= 0.3 is 0 Å². The molecule has 1 saturated heterocycles. The molecule has 0 saturated carbocycles. The van der Waals surface area contributed by atoms with Gasteiger partial charge in [0.15, 0.2) is 0 Å². The summed E-state index contributed by atoms with van der Waals surface area (Å²) in [6.07, 6.45) is 2.01. The number of aromatic nitrogens is 2. The zero-order chi connectivity index (χ0) is 14.7. The minimum Gasteiger partial charge on any atom is -0.477 e. The summed E-state index contributed by atoms with van der Waals surface area (Å²) in [5, 5.41) is 3.37. The Labute approximate surface area is 131 Å². The molecule has 7 heteroatoms. The first kappa shape index (κ1) is 14.7. The van der Waals surface area contributed by atoms with Crippen molar-refractivity contribution in [3.05, 3.63) is 5.56 Å². The molecule has 0 unspecified atom stereocenters. The zero-order valence-corrected chi connectivity index (χ0v) is 13.4. The molecule has 0 aliphatic carbocycles. The summed E-state index contributed by atoms with van der Waals surface area (Å²) >= 11 is 4.26. The third-order valence-corrected chi connectivity index (χ3v) is 4.18. The molecule has 0 atom stereocenters. The van der Waals surface area contributed by atoms with E-state index in [-0.39, 0.29) is 0 Å². The fraction of sp³-hybridized carbons (Fsp3) is 0.714. The van der Waals surface area contributed by atoms with E-state index in [1.54, 1.807) is 0 Å². The van der Waals surface area contributed by atoms with Crippen LogP contribution in [0.2, 0.25) is 0 Å². The van der Waals surface area contributed by atoms with Crippen molar-refractivity contribution < 1.29 is 4.74 Å². The van der Waals surface area contributed by atoms with E-state index in [0.29, 0.717) is 0 Å². The van der Waals surface area contributed by atoms with Crippen LogP contribution in [0.1, 0.15) is 12.0 Å². The van der Waals surface area contributed by atoms with Crippen molar-refractivity contribution in [3.8, 4) is 5.88 Å². The van der Waals surface area contributed by atoms with Crippen molar-refractivity contribution in [2.75, 3.05) is 62.3 Å². The van der Waals surface area contributed by atoms with Gasteiger partial charge in [0, 0.05) is 38.5 Å². The minimum atomic E-state index is 0.748. The monoisotopic (exact) mass is 309 g/mol. The first-order chi connectivity index (χ1) is 10.3. The maximum Gasteiger partial charge on any atom is 0.230 e. The van der Waals surface area contributed by atoms with E-state index in [4.69, 9.17) is 9.72 Å². The molecule has 2 aliphatic heterocycles. The van der Waals surface area contributed by atoms with Crippen molar-refractivity contribution in [2.24, 2.45) is 0 Å². The topological polar surface area (TPSA) is 53.5 Å². The fourth-order valence-electron chi connectivity index (χ4n) is 2.68. The number of likely N-dealkylation sites (N-methyl/N-ethyl adjacent to an activating group) is 1. The highest BCUT2D eigenvalue weighted by atomic mass is 32.1. The van der Waals surface area contributed by atoms with Crippen LogP contribution in [0.25, 0.3) is 0 Å².